The summed E-state index contributed by atoms with van der Waals surface area (Å²) in [4.78, 5) is 0. The summed E-state index contributed by atoms with van der Waals surface area (Å²) in [6, 6.07) is 0.259. The molecule has 1 aromatic heterocycles. The molecule has 0 aromatic carbocycles. The molecular weight excluding hydrogens is 278 g/mol. The molecule has 0 aliphatic carbocycles. The molecule has 1 rings (SSSR count). The molecule has 6 nitrogen and oxygen atoms in total. The summed E-state index contributed by atoms with van der Waals surface area (Å²) >= 11 is 0. The lowest BCUT2D eigenvalue weighted by Gasteiger charge is -2.29. The van der Waals surface area contributed by atoms with Gasteiger partial charge in [0.2, 0.25) is 10.0 Å². The predicted molar refractivity (Wildman–Crippen MR) is 79.0 cm³/mol. The van der Waals surface area contributed by atoms with Gasteiger partial charge in [0.25, 0.3) is 0 Å². The maximum Gasteiger partial charge on any atom is 0.209 e. The largest absolute Gasteiger partial charge is 0.490 e. The van der Waals surface area contributed by atoms with E-state index in [0.717, 1.165) is 0 Å². The summed E-state index contributed by atoms with van der Waals surface area (Å²) in [5.74, 6) is 0.372. The third-order valence-electron chi connectivity index (χ3n) is 3.22. The molecule has 0 saturated heterocycles. The molecule has 0 bridgehead atoms. The summed E-state index contributed by atoms with van der Waals surface area (Å²) in [7, 11) is -3.52. The van der Waals surface area contributed by atoms with Gasteiger partial charge >= 0.3 is 0 Å². The predicted octanol–water partition coefficient (Wildman–Crippen LogP) is 1.79. The lowest BCUT2D eigenvalue weighted by atomic mass is 9.82. The topological polar surface area (TPSA) is 87.2 Å². The Morgan fingerprint density at radius 2 is 2.00 bits per heavy atom. The van der Waals surface area contributed by atoms with E-state index in [1.807, 2.05) is 34.6 Å². The van der Waals surface area contributed by atoms with Crippen LogP contribution in [-0.2, 0) is 10.0 Å². The van der Waals surface area contributed by atoms with Crippen LogP contribution in [0.15, 0.2) is 12.4 Å². The fourth-order valence-corrected chi connectivity index (χ4v) is 2.86. The normalized spacial score (nSPS) is 14.6. The van der Waals surface area contributed by atoms with Crippen molar-refractivity contribution in [3.63, 3.8) is 0 Å². The van der Waals surface area contributed by atoms with Crippen molar-refractivity contribution in [1.82, 2.24) is 9.78 Å². The van der Waals surface area contributed by atoms with Crippen LogP contribution in [0.1, 0.15) is 40.7 Å². The highest BCUT2D eigenvalue weighted by Crippen LogP contribution is 2.27. The van der Waals surface area contributed by atoms with E-state index in [4.69, 9.17) is 9.88 Å². The number of rotatable bonds is 6. The van der Waals surface area contributed by atoms with Crippen molar-refractivity contribution in [3.8, 4) is 5.75 Å². The van der Waals surface area contributed by atoms with Crippen LogP contribution in [0.3, 0.4) is 0 Å². The first-order chi connectivity index (χ1) is 8.99. The smallest absolute Gasteiger partial charge is 0.209 e. The van der Waals surface area contributed by atoms with Crippen molar-refractivity contribution in [2.45, 2.75) is 40.7 Å². The zero-order valence-electron chi connectivity index (χ0n) is 12.8. The molecule has 20 heavy (non-hydrogen) atoms. The Kier molecular flexibility index (Phi) is 5.21. The van der Waals surface area contributed by atoms with Gasteiger partial charge in [-0.2, -0.15) is 5.10 Å². The summed E-state index contributed by atoms with van der Waals surface area (Å²) < 4.78 is 30.1. The molecule has 0 aliphatic heterocycles. The monoisotopic (exact) mass is 303 g/mol. The Hall–Kier alpha value is -1.08. The molecule has 1 unspecified atom stereocenters. The number of ether oxygens (including phenoxy) is 1. The highest BCUT2D eigenvalue weighted by atomic mass is 32.2. The van der Waals surface area contributed by atoms with Gasteiger partial charge in [0.15, 0.2) is 5.75 Å². The number of nitrogens with two attached hydrogens (primary N) is 1. The zero-order valence-corrected chi connectivity index (χ0v) is 13.6. The molecule has 2 N–H and O–H groups in total. The Morgan fingerprint density at radius 1 is 1.40 bits per heavy atom. The van der Waals surface area contributed by atoms with Crippen molar-refractivity contribution in [2.24, 2.45) is 16.5 Å². The highest BCUT2D eigenvalue weighted by Gasteiger charge is 2.29. The molecule has 0 amide bonds. The maximum atomic E-state index is 11.3. The lowest BCUT2D eigenvalue weighted by molar-refractivity contribution is 0.163. The second-order valence-electron chi connectivity index (χ2n) is 6.45. The molecule has 0 saturated carbocycles. The van der Waals surface area contributed by atoms with Crippen LogP contribution in [0.2, 0.25) is 0 Å². The number of nitrogens with zero attached hydrogens (tertiary/aromatic N) is 2. The molecule has 1 atom stereocenters. The van der Waals surface area contributed by atoms with Crippen LogP contribution in [0.5, 0.6) is 5.75 Å². The van der Waals surface area contributed by atoms with E-state index in [9.17, 15) is 8.42 Å². The fourth-order valence-electron chi connectivity index (χ4n) is 1.70. The first-order valence-electron chi connectivity index (χ1n) is 6.66. The van der Waals surface area contributed by atoms with Crippen molar-refractivity contribution in [2.75, 3.05) is 12.4 Å². The van der Waals surface area contributed by atoms with Gasteiger partial charge in [-0.25, -0.2) is 13.6 Å². The van der Waals surface area contributed by atoms with E-state index < -0.39 is 10.0 Å². The number of hydrogen-bond acceptors (Lipinski definition) is 4. The van der Waals surface area contributed by atoms with Gasteiger partial charge in [-0.1, -0.05) is 20.8 Å². The summed E-state index contributed by atoms with van der Waals surface area (Å²) in [5, 5.41) is 9.33. The fraction of sp³-hybridized carbons (Fsp3) is 0.769. The van der Waals surface area contributed by atoms with Crippen LogP contribution in [-0.4, -0.2) is 30.6 Å². The number of sulfonamides is 1. The third kappa shape index (κ3) is 5.50. The standard InChI is InChI=1S/C13H25N3O3S/c1-10(2)16-7-12(6-15-16)19-8-11(13(3,4)5)9-20(14,17)18/h6-7,10-11H,8-9H2,1-5H3,(H2,14,17,18). The van der Waals surface area contributed by atoms with Crippen LogP contribution >= 0.6 is 0 Å². The lowest BCUT2D eigenvalue weighted by Crippen LogP contribution is -2.35. The molecule has 7 heteroatoms. The molecule has 1 heterocycles. The van der Waals surface area contributed by atoms with Crippen LogP contribution in [0.4, 0.5) is 0 Å². The zero-order chi connectivity index (χ0) is 15.6. The number of primary sulfonamides is 1. The summed E-state index contributed by atoms with van der Waals surface area (Å²) in [6.45, 7) is 10.3. The molecule has 1 aromatic rings. The second kappa shape index (κ2) is 6.13. The Morgan fingerprint density at radius 3 is 2.40 bits per heavy atom. The quantitative estimate of drug-likeness (QED) is 0.868. The minimum absolute atomic E-state index is 0.0885. The molecule has 0 radical (unpaired) electrons. The number of aromatic nitrogens is 2. The van der Waals surface area contributed by atoms with E-state index in [1.165, 1.54) is 0 Å². The van der Waals surface area contributed by atoms with E-state index in [0.29, 0.717) is 12.4 Å². The van der Waals surface area contributed by atoms with E-state index in [1.54, 1.807) is 17.1 Å². The van der Waals surface area contributed by atoms with E-state index in [2.05, 4.69) is 5.10 Å². The highest BCUT2D eigenvalue weighted by molar-refractivity contribution is 7.89. The summed E-state index contributed by atoms with van der Waals surface area (Å²) in [6.07, 6.45) is 3.44. The van der Waals surface area contributed by atoms with Crippen molar-refractivity contribution in [1.29, 1.82) is 0 Å². The van der Waals surface area contributed by atoms with Crippen molar-refractivity contribution in [3.05, 3.63) is 12.4 Å². The number of hydrogen-bond donors (Lipinski definition) is 1. The second-order valence-corrected chi connectivity index (χ2v) is 8.11. The Labute approximate surface area is 121 Å². The van der Waals surface area contributed by atoms with Crippen LogP contribution in [0.25, 0.3) is 0 Å². The first kappa shape index (κ1) is 17.0. The Bertz CT molecular complexity index is 529. The molecule has 0 spiro atoms. The van der Waals surface area contributed by atoms with Crippen LogP contribution < -0.4 is 9.88 Å². The molecular formula is C13H25N3O3S. The molecule has 116 valence electrons. The average Bonchev–Trinajstić information content (AvgIpc) is 2.69. The minimum atomic E-state index is -3.52. The molecule has 0 fully saturated rings. The van der Waals surface area contributed by atoms with Crippen LogP contribution in [0, 0.1) is 11.3 Å². The van der Waals surface area contributed by atoms with Gasteiger partial charge in [-0.05, 0) is 19.3 Å². The van der Waals surface area contributed by atoms with Gasteiger partial charge in [0, 0.05) is 12.0 Å². The van der Waals surface area contributed by atoms with Crippen molar-refractivity contribution < 1.29 is 13.2 Å². The molecule has 0 aliphatic rings. The minimum Gasteiger partial charge on any atom is -0.490 e. The average molecular weight is 303 g/mol. The van der Waals surface area contributed by atoms with E-state index >= 15 is 0 Å². The van der Waals surface area contributed by atoms with E-state index in [-0.39, 0.29) is 23.1 Å². The van der Waals surface area contributed by atoms with Gasteiger partial charge in [-0.3, -0.25) is 4.68 Å². The van der Waals surface area contributed by atoms with Gasteiger partial charge in [-0.15, -0.1) is 0 Å². The summed E-state index contributed by atoms with van der Waals surface area (Å²) in [5.41, 5.74) is -0.208. The van der Waals surface area contributed by atoms with Gasteiger partial charge in [0.1, 0.15) is 0 Å². The van der Waals surface area contributed by atoms with Gasteiger partial charge in [0.05, 0.1) is 24.8 Å². The maximum absolute atomic E-state index is 11.3. The third-order valence-corrected chi connectivity index (χ3v) is 4.08. The SMILES string of the molecule is CC(C)n1cc(OCC(CS(N)(=O)=O)C(C)(C)C)cn1. The first-order valence-corrected chi connectivity index (χ1v) is 8.38. The Balaban J connectivity index is 2.71. The van der Waals surface area contributed by atoms with Gasteiger partial charge < -0.3 is 4.74 Å². The van der Waals surface area contributed by atoms with Crippen molar-refractivity contribution >= 4 is 10.0 Å².